The normalized spacial score (nSPS) is 13.4. The zero-order valence-electron chi connectivity index (χ0n) is 15.6. The van der Waals surface area contributed by atoms with Crippen molar-refractivity contribution in [2.24, 2.45) is 5.41 Å². The maximum absolute atomic E-state index is 12.6. The molecule has 5 nitrogen and oxygen atoms in total. The van der Waals surface area contributed by atoms with Gasteiger partial charge in [0, 0.05) is 11.9 Å². The van der Waals surface area contributed by atoms with Gasteiger partial charge in [-0.1, -0.05) is 36.7 Å². The van der Waals surface area contributed by atoms with Gasteiger partial charge in [-0.3, -0.25) is 4.90 Å². The largest absolute Gasteiger partial charge is 0.464 e. The lowest BCUT2D eigenvalue weighted by molar-refractivity contribution is -0.153. The van der Waals surface area contributed by atoms with Crippen LogP contribution in [-0.2, 0) is 14.3 Å². The molecule has 0 spiro atoms. The van der Waals surface area contributed by atoms with Crippen LogP contribution in [0.2, 0.25) is 0 Å². The summed E-state index contributed by atoms with van der Waals surface area (Å²) in [5, 5.41) is 0.856. The Bertz CT molecular complexity index is 385. The van der Waals surface area contributed by atoms with Crippen molar-refractivity contribution >= 4 is 28.0 Å². The minimum absolute atomic E-state index is 0.287. The predicted molar refractivity (Wildman–Crippen MR) is 95.8 cm³/mol. The molecule has 136 valence electrons. The summed E-state index contributed by atoms with van der Waals surface area (Å²) >= 11 is 3.39. The van der Waals surface area contributed by atoms with E-state index in [-0.39, 0.29) is 12.6 Å². The lowest BCUT2D eigenvalue weighted by Gasteiger charge is -2.38. The first-order valence-electron chi connectivity index (χ1n) is 8.16. The number of nitrogens with zero attached hydrogens (tertiary/aromatic N) is 1. The molecule has 0 fully saturated rings. The molecule has 0 aliphatic carbocycles. The number of carbonyl (C=O) groups excluding carboxylic acids is 2. The van der Waals surface area contributed by atoms with E-state index in [2.05, 4.69) is 15.9 Å². The molecule has 0 saturated carbocycles. The number of ether oxygens (including phenoxy) is 2. The second-order valence-electron chi connectivity index (χ2n) is 7.59. The predicted octanol–water partition coefficient (Wildman–Crippen LogP) is 4.38. The van der Waals surface area contributed by atoms with E-state index in [1.54, 1.807) is 6.92 Å². The first kappa shape index (κ1) is 22.2. The highest BCUT2D eigenvalue weighted by atomic mass is 79.9. The molecule has 0 aliphatic rings. The molecule has 0 unspecified atom stereocenters. The van der Waals surface area contributed by atoms with Crippen molar-refractivity contribution in [3.05, 3.63) is 0 Å². The molecule has 0 radical (unpaired) electrons. The number of halogens is 1. The van der Waals surface area contributed by atoms with Gasteiger partial charge in [-0.05, 0) is 46.0 Å². The van der Waals surface area contributed by atoms with Gasteiger partial charge in [0.1, 0.15) is 11.6 Å². The van der Waals surface area contributed by atoms with Crippen molar-refractivity contribution in [3.8, 4) is 0 Å². The molecule has 0 aromatic carbocycles. The van der Waals surface area contributed by atoms with Crippen LogP contribution in [0.15, 0.2) is 0 Å². The van der Waals surface area contributed by atoms with Gasteiger partial charge in [-0.25, -0.2) is 9.59 Å². The average molecular weight is 394 g/mol. The molecule has 0 aromatic rings. The molecule has 1 atom stereocenters. The number of amides is 1. The van der Waals surface area contributed by atoms with Gasteiger partial charge < -0.3 is 9.47 Å². The molecule has 0 N–H and O–H groups in total. The summed E-state index contributed by atoms with van der Waals surface area (Å²) in [6.45, 7) is 13.7. The lowest BCUT2D eigenvalue weighted by atomic mass is 9.85. The van der Waals surface area contributed by atoms with Crippen LogP contribution in [-0.4, -0.2) is 47.1 Å². The van der Waals surface area contributed by atoms with Gasteiger partial charge in [0.05, 0.1) is 6.61 Å². The van der Waals surface area contributed by atoms with Gasteiger partial charge in [-0.2, -0.15) is 0 Å². The van der Waals surface area contributed by atoms with E-state index in [4.69, 9.17) is 9.47 Å². The van der Waals surface area contributed by atoms with Crippen LogP contribution in [0.3, 0.4) is 0 Å². The highest BCUT2D eigenvalue weighted by Gasteiger charge is 2.41. The Morgan fingerprint density at radius 3 is 2.04 bits per heavy atom. The highest BCUT2D eigenvalue weighted by molar-refractivity contribution is 9.09. The third-order valence-electron chi connectivity index (χ3n) is 3.05. The fraction of sp³-hybridized carbons (Fsp3) is 0.882. The Kier molecular flexibility index (Phi) is 9.18. The average Bonchev–Trinajstić information content (AvgIpc) is 2.34. The molecule has 0 saturated heterocycles. The molecular weight excluding hydrogens is 362 g/mol. The van der Waals surface area contributed by atoms with Crippen molar-refractivity contribution in [3.63, 3.8) is 0 Å². The van der Waals surface area contributed by atoms with Crippen LogP contribution in [0.25, 0.3) is 0 Å². The molecule has 0 aliphatic heterocycles. The van der Waals surface area contributed by atoms with Crippen molar-refractivity contribution in [2.45, 2.75) is 73.0 Å². The quantitative estimate of drug-likeness (QED) is 0.365. The summed E-state index contributed by atoms with van der Waals surface area (Å²) in [5.74, 6) is -0.385. The monoisotopic (exact) mass is 393 g/mol. The van der Waals surface area contributed by atoms with Gasteiger partial charge in [0.25, 0.3) is 0 Å². The summed E-state index contributed by atoms with van der Waals surface area (Å²) in [6.07, 6.45) is 1.23. The number of rotatable bonds is 7. The zero-order chi connectivity index (χ0) is 18.3. The number of carbonyl (C=O) groups is 2. The molecule has 0 bridgehead atoms. The van der Waals surface area contributed by atoms with E-state index in [0.717, 1.165) is 18.2 Å². The smallest absolute Gasteiger partial charge is 0.411 e. The van der Waals surface area contributed by atoms with Gasteiger partial charge in [0.15, 0.2) is 0 Å². The van der Waals surface area contributed by atoms with E-state index < -0.39 is 23.2 Å². The van der Waals surface area contributed by atoms with Gasteiger partial charge >= 0.3 is 12.1 Å². The van der Waals surface area contributed by atoms with Gasteiger partial charge in [0.2, 0.25) is 0 Å². The SMILES string of the molecule is CCOC(=O)[C@@H](N(CCCCBr)C(=O)OC(C)(C)C)C(C)(C)C. The molecular formula is C17H32BrNO4. The minimum Gasteiger partial charge on any atom is -0.464 e. The fourth-order valence-electron chi connectivity index (χ4n) is 2.19. The third-order valence-corrected chi connectivity index (χ3v) is 3.61. The number of unbranched alkanes of at least 4 members (excludes halogenated alkanes) is 1. The van der Waals surface area contributed by atoms with Crippen LogP contribution < -0.4 is 0 Å². The van der Waals surface area contributed by atoms with Crippen LogP contribution in [0.5, 0.6) is 0 Å². The lowest BCUT2D eigenvalue weighted by Crippen LogP contribution is -2.54. The topological polar surface area (TPSA) is 55.8 Å². The van der Waals surface area contributed by atoms with Crippen LogP contribution in [0.4, 0.5) is 4.79 Å². The van der Waals surface area contributed by atoms with E-state index in [1.807, 2.05) is 41.5 Å². The molecule has 1 amide bonds. The third kappa shape index (κ3) is 8.58. The fourth-order valence-corrected chi connectivity index (χ4v) is 2.59. The summed E-state index contributed by atoms with van der Waals surface area (Å²) in [7, 11) is 0. The Labute approximate surface area is 149 Å². The van der Waals surface area contributed by atoms with Crippen LogP contribution >= 0.6 is 15.9 Å². The Morgan fingerprint density at radius 2 is 1.65 bits per heavy atom. The standard InChI is InChI=1S/C17H32BrNO4/c1-8-22-14(20)13(16(2,3)4)19(12-10-9-11-18)15(21)23-17(5,6)7/h13H,8-12H2,1-7H3/t13-/m1/s1. The first-order valence-corrected chi connectivity index (χ1v) is 9.28. The van der Waals surface area contributed by atoms with Gasteiger partial charge in [-0.15, -0.1) is 0 Å². The number of hydrogen-bond acceptors (Lipinski definition) is 4. The first-order chi connectivity index (χ1) is 10.4. The number of alkyl halides is 1. The van der Waals surface area contributed by atoms with E-state index in [1.165, 1.54) is 4.90 Å². The van der Waals surface area contributed by atoms with Crippen LogP contribution in [0, 0.1) is 5.41 Å². The second kappa shape index (κ2) is 9.50. The molecule has 0 heterocycles. The minimum atomic E-state index is -0.673. The zero-order valence-corrected chi connectivity index (χ0v) is 17.2. The molecule has 23 heavy (non-hydrogen) atoms. The van der Waals surface area contributed by atoms with E-state index in [0.29, 0.717) is 6.54 Å². The number of hydrogen-bond donors (Lipinski definition) is 0. The Morgan fingerprint density at radius 1 is 1.09 bits per heavy atom. The molecule has 6 heteroatoms. The summed E-state index contributed by atoms with van der Waals surface area (Å²) in [5.41, 5.74) is -1.06. The summed E-state index contributed by atoms with van der Waals surface area (Å²) < 4.78 is 10.7. The Hall–Kier alpha value is -0.780. The highest BCUT2D eigenvalue weighted by Crippen LogP contribution is 2.27. The maximum atomic E-state index is 12.6. The second-order valence-corrected chi connectivity index (χ2v) is 8.38. The number of esters is 1. The van der Waals surface area contributed by atoms with E-state index in [9.17, 15) is 9.59 Å². The van der Waals surface area contributed by atoms with Crippen molar-refractivity contribution in [2.75, 3.05) is 18.5 Å². The Balaban J connectivity index is 5.46. The summed E-state index contributed by atoms with van der Waals surface area (Å²) in [4.78, 5) is 26.6. The van der Waals surface area contributed by atoms with E-state index >= 15 is 0 Å². The maximum Gasteiger partial charge on any atom is 0.411 e. The van der Waals surface area contributed by atoms with Crippen molar-refractivity contribution < 1.29 is 19.1 Å². The van der Waals surface area contributed by atoms with Crippen LogP contribution in [0.1, 0.15) is 61.3 Å². The van der Waals surface area contributed by atoms with Crippen molar-refractivity contribution in [1.82, 2.24) is 4.90 Å². The molecule has 0 rings (SSSR count). The summed E-state index contributed by atoms with van der Waals surface area (Å²) in [6, 6.07) is -0.673. The molecule has 0 aromatic heterocycles. The van der Waals surface area contributed by atoms with Crippen molar-refractivity contribution in [1.29, 1.82) is 0 Å².